The smallest absolute Gasteiger partial charge is 0.312 e. The van der Waals surface area contributed by atoms with E-state index in [1.807, 2.05) is 17.0 Å². The number of rotatable bonds is 5. The molecule has 2 heterocycles. The molecule has 0 saturated carbocycles. The van der Waals surface area contributed by atoms with Gasteiger partial charge < -0.3 is 14.7 Å². The summed E-state index contributed by atoms with van der Waals surface area (Å²) in [5.74, 6) is -1.36. The van der Waals surface area contributed by atoms with E-state index in [1.165, 1.54) is 34.8 Å². The minimum Gasteiger partial charge on any atom is -0.339 e. The normalized spacial score (nSPS) is 17.5. The minimum absolute atomic E-state index is 0.0547. The summed E-state index contributed by atoms with van der Waals surface area (Å²) in [6.45, 7) is 3.08. The molecule has 2 fully saturated rings. The molecule has 168 valence electrons. The monoisotopic (exact) mass is 437 g/mol. The number of benzene rings is 2. The third kappa shape index (κ3) is 5.15. The maximum atomic E-state index is 13.1. The van der Waals surface area contributed by atoms with Crippen LogP contribution in [0.3, 0.4) is 0 Å². The largest absolute Gasteiger partial charge is 0.339 e. The number of piperazine rings is 1. The lowest BCUT2D eigenvalue weighted by molar-refractivity contribution is -0.156. The molecule has 0 radical (unpaired) electrons. The molecule has 3 amide bonds. The highest BCUT2D eigenvalue weighted by Crippen LogP contribution is 2.17. The zero-order chi connectivity index (χ0) is 22.5. The Morgan fingerprint density at radius 2 is 1.16 bits per heavy atom. The Morgan fingerprint density at radius 3 is 1.66 bits per heavy atom. The number of amides is 3. The van der Waals surface area contributed by atoms with Crippen LogP contribution >= 0.6 is 0 Å². The van der Waals surface area contributed by atoms with Crippen molar-refractivity contribution in [2.24, 2.45) is 0 Å². The average molecular weight is 438 g/mol. The Bertz CT molecular complexity index is 967. The van der Waals surface area contributed by atoms with Crippen LogP contribution in [0, 0.1) is 5.82 Å². The summed E-state index contributed by atoms with van der Waals surface area (Å²) in [7, 11) is 0. The maximum absolute atomic E-state index is 13.1. The van der Waals surface area contributed by atoms with Crippen LogP contribution in [0.15, 0.2) is 48.5 Å². The van der Waals surface area contributed by atoms with Gasteiger partial charge in [-0.25, -0.2) is 4.39 Å². The van der Waals surface area contributed by atoms with Gasteiger partial charge in [0, 0.05) is 44.8 Å². The van der Waals surface area contributed by atoms with E-state index in [0.717, 1.165) is 37.1 Å². The molecule has 0 bridgehead atoms. The van der Waals surface area contributed by atoms with Crippen LogP contribution in [0.25, 0.3) is 0 Å². The van der Waals surface area contributed by atoms with E-state index in [4.69, 9.17) is 0 Å². The first-order valence-electron chi connectivity index (χ1n) is 11.2. The van der Waals surface area contributed by atoms with Crippen molar-refractivity contribution in [3.05, 3.63) is 71.0 Å². The van der Waals surface area contributed by atoms with Crippen molar-refractivity contribution in [2.45, 2.75) is 38.8 Å². The topological polar surface area (TPSA) is 60.9 Å². The summed E-state index contributed by atoms with van der Waals surface area (Å²) in [6, 6.07) is 13.3. The highest BCUT2D eigenvalue weighted by molar-refractivity contribution is 6.35. The van der Waals surface area contributed by atoms with E-state index in [0.29, 0.717) is 25.2 Å². The minimum atomic E-state index is -0.548. The summed E-state index contributed by atoms with van der Waals surface area (Å²) >= 11 is 0. The molecular formula is C25H28FN3O3. The molecule has 4 rings (SSSR count). The molecule has 2 aliphatic rings. The third-order valence-corrected chi connectivity index (χ3v) is 6.15. The Balaban J connectivity index is 1.34. The number of nitrogens with zero attached hydrogens (tertiary/aromatic N) is 3. The summed E-state index contributed by atoms with van der Waals surface area (Å²) in [5.41, 5.74) is 2.32. The Hall–Kier alpha value is -3.22. The molecule has 0 aromatic heterocycles. The fourth-order valence-corrected chi connectivity index (χ4v) is 4.26. The average Bonchev–Trinajstić information content (AvgIpc) is 3.10. The molecule has 32 heavy (non-hydrogen) atoms. The summed E-state index contributed by atoms with van der Waals surface area (Å²) in [4.78, 5) is 42.9. The van der Waals surface area contributed by atoms with Crippen LogP contribution in [0.4, 0.5) is 4.39 Å². The predicted molar refractivity (Wildman–Crippen MR) is 118 cm³/mol. The molecule has 0 N–H and O–H groups in total. The van der Waals surface area contributed by atoms with E-state index >= 15 is 0 Å². The van der Waals surface area contributed by atoms with E-state index in [2.05, 4.69) is 0 Å². The van der Waals surface area contributed by atoms with Crippen molar-refractivity contribution in [1.29, 1.82) is 0 Å². The quantitative estimate of drug-likeness (QED) is 0.675. The van der Waals surface area contributed by atoms with E-state index in [9.17, 15) is 18.8 Å². The van der Waals surface area contributed by atoms with Crippen molar-refractivity contribution < 1.29 is 18.8 Å². The molecule has 2 saturated heterocycles. The molecule has 0 aliphatic carbocycles. The predicted octanol–water partition coefficient (Wildman–Crippen LogP) is 3.21. The SMILES string of the molecule is O=C1C(=O)N(Cc2ccc(C(=O)N3CCCCCC3)cc2)CCN1Cc1ccc(F)cc1. The second-order valence-electron chi connectivity index (χ2n) is 8.48. The number of hydrogen-bond acceptors (Lipinski definition) is 3. The molecule has 0 unspecified atom stereocenters. The fraction of sp³-hybridized carbons (Fsp3) is 0.400. The molecular weight excluding hydrogens is 409 g/mol. The lowest BCUT2D eigenvalue weighted by Gasteiger charge is -2.34. The van der Waals surface area contributed by atoms with Crippen molar-refractivity contribution in [3.63, 3.8) is 0 Å². The number of halogens is 1. The Morgan fingerprint density at radius 1 is 0.688 bits per heavy atom. The molecule has 2 aromatic carbocycles. The van der Waals surface area contributed by atoms with Crippen molar-refractivity contribution in [2.75, 3.05) is 26.2 Å². The van der Waals surface area contributed by atoms with Gasteiger partial charge in [-0.1, -0.05) is 37.1 Å². The molecule has 0 spiro atoms. The molecule has 6 nitrogen and oxygen atoms in total. The molecule has 0 atom stereocenters. The van der Waals surface area contributed by atoms with Crippen LogP contribution in [0.1, 0.15) is 47.2 Å². The molecule has 2 aromatic rings. The second kappa shape index (κ2) is 9.94. The van der Waals surface area contributed by atoms with Gasteiger partial charge in [-0.3, -0.25) is 14.4 Å². The standard InChI is InChI=1S/C25H28FN3O3/c26-22-11-7-20(8-12-22)18-29-16-15-28(24(31)25(29)32)17-19-5-9-21(10-6-19)23(30)27-13-3-1-2-4-14-27/h5-12H,1-4,13-18H2. The van der Waals surface area contributed by atoms with Gasteiger partial charge in [-0.2, -0.15) is 0 Å². The number of carbonyl (C=O) groups excluding carboxylic acids is 3. The van der Waals surface area contributed by atoms with Crippen LogP contribution in [-0.4, -0.2) is 58.6 Å². The first kappa shape index (κ1) is 22.0. The lowest BCUT2D eigenvalue weighted by Crippen LogP contribution is -2.53. The summed E-state index contributed by atoms with van der Waals surface area (Å²) < 4.78 is 13.1. The molecule has 2 aliphatic heterocycles. The number of hydrogen-bond donors (Lipinski definition) is 0. The van der Waals surface area contributed by atoms with Gasteiger partial charge in [0.05, 0.1) is 0 Å². The summed E-state index contributed by atoms with van der Waals surface area (Å²) in [6.07, 6.45) is 4.44. The van der Waals surface area contributed by atoms with Crippen LogP contribution in [0.2, 0.25) is 0 Å². The number of likely N-dealkylation sites (tertiary alicyclic amines) is 1. The fourth-order valence-electron chi connectivity index (χ4n) is 4.26. The van der Waals surface area contributed by atoms with Crippen LogP contribution < -0.4 is 0 Å². The second-order valence-corrected chi connectivity index (χ2v) is 8.48. The summed E-state index contributed by atoms with van der Waals surface area (Å²) in [5, 5.41) is 0. The zero-order valence-corrected chi connectivity index (χ0v) is 18.1. The molecule has 7 heteroatoms. The van der Waals surface area contributed by atoms with Gasteiger partial charge in [0.2, 0.25) is 0 Å². The van der Waals surface area contributed by atoms with Gasteiger partial charge in [-0.05, 0) is 48.2 Å². The first-order valence-corrected chi connectivity index (χ1v) is 11.2. The first-order chi connectivity index (χ1) is 15.5. The van der Waals surface area contributed by atoms with Gasteiger partial charge in [-0.15, -0.1) is 0 Å². The van der Waals surface area contributed by atoms with E-state index in [1.54, 1.807) is 24.3 Å². The highest BCUT2D eigenvalue weighted by atomic mass is 19.1. The third-order valence-electron chi connectivity index (χ3n) is 6.15. The van der Waals surface area contributed by atoms with Crippen LogP contribution in [-0.2, 0) is 22.7 Å². The van der Waals surface area contributed by atoms with E-state index < -0.39 is 11.8 Å². The van der Waals surface area contributed by atoms with Gasteiger partial charge >= 0.3 is 11.8 Å². The van der Waals surface area contributed by atoms with Crippen molar-refractivity contribution >= 4 is 17.7 Å². The van der Waals surface area contributed by atoms with E-state index in [-0.39, 0.29) is 18.3 Å². The zero-order valence-electron chi connectivity index (χ0n) is 18.1. The van der Waals surface area contributed by atoms with Gasteiger partial charge in [0.15, 0.2) is 0 Å². The Labute approximate surface area is 187 Å². The van der Waals surface area contributed by atoms with Crippen molar-refractivity contribution in [1.82, 2.24) is 14.7 Å². The highest BCUT2D eigenvalue weighted by Gasteiger charge is 2.32. The van der Waals surface area contributed by atoms with Gasteiger partial charge in [0.1, 0.15) is 5.82 Å². The Kier molecular flexibility index (Phi) is 6.83. The van der Waals surface area contributed by atoms with Crippen molar-refractivity contribution in [3.8, 4) is 0 Å². The maximum Gasteiger partial charge on any atom is 0.312 e. The number of carbonyl (C=O) groups is 3. The lowest BCUT2D eigenvalue weighted by atomic mass is 10.1. The van der Waals surface area contributed by atoms with Gasteiger partial charge in [0.25, 0.3) is 5.91 Å². The van der Waals surface area contributed by atoms with Crippen LogP contribution in [0.5, 0.6) is 0 Å².